The largest absolute Gasteiger partial charge is 0.368 e. The molecule has 0 aromatic heterocycles. The Bertz CT molecular complexity index is 528. The lowest BCUT2D eigenvalue weighted by atomic mass is 9.80. The van der Waals surface area contributed by atoms with Crippen LogP contribution in [-0.4, -0.2) is 23.6 Å². The summed E-state index contributed by atoms with van der Waals surface area (Å²) in [4.78, 5) is 25.6. The first-order valence-corrected chi connectivity index (χ1v) is 6.86. The van der Waals surface area contributed by atoms with Crippen LogP contribution in [0.1, 0.15) is 25.8 Å². The molecule has 0 spiro atoms. The molecule has 0 bridgehead atoms. The standard InChI is InChI=1S/C14H18N2O2S/c1-14(2)9-5-3-4-6-10(9)16(11(17)7-8-19)12(14)13(15)18/h3-6,12,19H,7-8H2,1-2H3,(H2,15,18). The Labute approximate surface area is 118 Å². The minimum absolute atomic E-state index is 0.114. The smallest absolute Gasteiger partial charge is 0.241 e. The first-order chi connectivity index (χ1) is 8.91. The fraction of sp³-hybridized carbons (Fsp3) is 0.429. The Hall–Kier alpha value is -1.49. The van der Waals surface area contributed by atoms with Crippen molar-refractivity contribution in [1.82, 2.24) is 0 Å². The number of anilines is 1. The second-order valence-corrected chi connectivity index (χ2v) is 5.73. The molecule has 1 aromatic carbocycles. The van der Waals surface area contributed by atoms with Crippen LogP contribution < -0.4 is 10.6 Å². The predicted octanol–water partition coefficient (Wildman–Crippen LogP) is 1.48. The Morgan fingerprint density at radius 1 is 1.37 bits per heavy atom. The number of amides is 2. The van der Waals surface area contributed by atoms with E-state index in [4.69, 9.17) is 5.73 Å². The highest BCUT2D eigenvalue weighted by Gasteiger charge is 2.49. The molecule has 0 radical (unpaired) electrons. The van der Waals surface area contributed by atoms with Crippen molar-refractivity contribution in [1.29, 1.82) is 0 Å². The molecule has 0 saturated heterocycles. The van der Waals surface area contributed by atoms with Gasteiger partial charge in [-0.3, -0.25) is 14.5 Å². The van der Waals surface area contributed by atoms with Crippen molar-refractivity contribution in [3.05, 3.63) is 29.8 Å². The minimum atomic E-state index is -0.641. The van der Waals surface area contributed by atoms with Crippen molar-refractivity contribution < 1.29 is 9.59 Å². The van der Waals surface area contributed by atoms with Gasteiger partial charge in [0.1, 0.15) is 6.04 Å². The molecule has 1 aromatic rings. The van der Waals surface area contributed by atoms with E-state index in [0.717, 1.165) is 11.3 Å². The summed E-state index contributed by atoms with van der Waals surface area (Å²) >= 11 is 4.08. The number of benzene rings is 1. The number of nitrogens with two attached hydrogens (primary N) is 1. The highest BCUT2D eigenvalue weighted by atomic mass is 32.1. The van der Waals surface area contributed by atoms with Gasteiger partial charge >= 0.3 is 0 Å². The average molecular weight is 278 g/mol. The molecule has 5 heteroatoms. The maximum absolute atomic E-state index is 12.3. The van der Waals surface area contributed by atoms with Crippen LogP contribution in [0.2, 0.25) is 0 Å². The van der Waals surface area contributed by atoms with Gasteiger partial charge in [0.15, 0.2) is 0 Å². The van der Waals surface area contributed by atoms with Crippen LogP contribution in [0.25, 0.3) is 0 Å². The number of hydrogen-bond donors (Lipinski definition) is 2. The minimum Gasteiger partial charge on any atom is -0.368 e. The highest BCUT2D eigenvalue weighted by Crippen LogP contribution is 2.45. The van der Waals surface area contributed by atoms with E-state index in [2.05, 4.69) is 12.6 Å². The number of hydrogen-bond acceptors (Lipinski definition) is 3. The third-order valence-electron chi connectivity index (χ3n) is 3.66. The topological polar surface area (TPSA) is 63.4 Å². The van der Waals surface area contributed by atoms with Crippen molar-refractivity contribution in [2.24, 2.45) is 5.73 Å². The van der Waals surface area contributed by atoms with Crippen LogP contribution in [0.4, 0.5) is 5.69 Å². The molecule has 2 rings (SSSR count). The van der Waals surface area contributed by atoms with Crippen molar-refractivity contribution in [3.8, 4) is 0 Å². The van der Waals surface area contributed by atoms with Gasteiger partial charge in [0.2, 0.25) is 11.8 Å². The number of rotatable bonds is 3. The molecule has 0 fully saturated rings. The van der Waals surface area contributed by atoms with Gasteiger partial charge in [-0.25, -0.2) is 0 Å². The van der Waals surface area contributed by atoms with E-state index in [-0.39, 0.29) is 12.3 Å². The van der Waals surface area contributed by atoms with Crippen molar-refractivity contribution in [2.75, 3.05) is 10.7 Å². The summed E-state index contributed by atoms with van der Waals surface area (Å²) in [7, 11) is 0. The van der Waals surface area contributed by atoms with Gasteiger partial charge in [0.25, 0.3) is 0 Å². The fourth-order valence-electron chi connectivity index (χ4n) is 2.82. The van der Waals surface area contributed by atoms with Crippen LogP contribution >= 0.6 is 12.6 Å². The Kier molecular flexibility index (Phi) is 3.58. The number of fused-ring (bicyclic) bond motifs is 1. The van der Waals surface area contributed by atoms with E-state index in [1.807, 2.05) is 38.1 Å². The fourth-order valence-corrected chi connectivity index (χ4v) is 3.01. The lowest BCUT2D eigenvalue weighted by Gasteiger charge is -2.30. The van der Waals surface area contributed by atoms with Crippen LogP contribution in [0.3, 0.4) is 0 Å². The van der Waals surface area contributed by atoms with Gasteiger partial charge in [-0.1, -0.05) is 32.0 Å². The van der Waals surface area contributed by atoms with E-state index in [9.17, 15) is 9.59 Å². The second kappa shape index (κ2) is 4.89. The molecule has 102 valence electrons. The number of thiol groups is 1. The average Bonchev–Trinajstić information content (AvgIpc) is 2.58. The van der Waals surface area contributed by atoms with E-state index >= 15 is 0 Å². The molecular formula is C14H18N2O2S. The summed E-state index contributed by atoms with van der Waals surface area (Å²) in [6.07, 6.45) is 0.289. The van der Waals surface area contributed by atoms with Crippen LogP contribution in [-0.2, 0) is 15.0 Å². The first-order valence-electron chi connectivity index (χ1n) is 6.23. The van der Waals surface area contributed by atoms with Gasteiger partial charge < -0.3 is 5.73 Å². The van der Waals surface area contributed by atoms with Gasteiger partial charge in [0.05, 0.1) is 0 Å². The number of carbonyl (C=O) groups is 2. The number of primary amides is 1. The number of carbonyl (C=O) groups excluding carboxylic acids is 2. The molecular weight excluding hydrogens is 260 g/mol. The zero-order valence-electron chi connectivity index (χ0n) is 11.1. The Morgan fingerprint density at radius 3 is 2.58 bits per heavy atom. The lowest BCUT2D eigenvalue weighted by molar-refractivity contribution is -0.125. The van der Waals surface area contributed by atoms with E-state index < -0.39 is 17.4 Å². The molecule has 4 nitrogen and oxygen atoms in total. The Morgan fingerprint density at radius 2 is 2.00 bits per heavy atom. The summed E-state index contributed by atoms with van der Waals surface area (Å²) in [5.41, 5.74) is 6.81. The van der Waals surface area contributed by atoms with Crippen LogP contribution in [0, 0.1) is 0 Å². The molecule has 1 atom stereocenters. The molecule has 1 unspecified atom stereocenters. The summed E-state index contributed by atoms with van der Waals surface area (Å²) in [5.74, 6) is -0.144. The van der Waals surface area contributed by atoms with Gasteiger partial charge in [-0.05, 0) is 17.4 Å². The molecule has 2 amide bonds. The Balaban J connectivity index is 2.56. The normalized spacial score (nSPS) is 20.2. The zero-order valence-corrected chi connectivity index (χ0v) is 12.0. The third-order valence-corrected chi connectivity index (χ3v) is 3.89. The molecule has 1 aliphatic heterocycles. The van der Waals surface area contributed by atoms with Crippen molar-refractivity contribution in [3.63, 3.8) is 0 Å². The van der Waals surface area contributed by atoms with E-state index in [1.54, 1.807) is 0 Å². The number of para-hydroxylation sites is 1. The van der Waals surface area contributed by atoms with Gasteiger partial charge in [-0.2, -0.15) is 12.6 Å². The molecule has 2 N–H and O–H groups in total. The van der Waals surface area contributed by atoms with Crippen LogP contribution in [0.15, 0.2) is 24.3 Å². The molecule has 0 aliphatic carbocycles. The monoisotopic (exact) mass is 278 g/mol. The van der Waals surface area contributed by atoms with Crippen molar-refractivity contribution >= 4 is 30.1 Å². The summed E-state index contributed by atoms with van der Waals surface area (Å²) in [5, 5.41) is 0. The van der Waals surface area contributed by atoms with E-state index in [1.165, 1.54) is 4.90 Å². The SMILES string of the molecule is CC1(C)c2ccccc2N(C(=O)CCS)C1C(N)=O. The first kappa shape index (κ1) is 13.9. The maximum Gasteiger partial charge on any atom is 0.241 e. The van der Waals surface area contributed by atoms with Gasteiger partial charge in [-0.15, -0.1) is 0 Å². The molecule has 0 saturated carbocycles. The quantitative estimate of drug-likeness (QED) is 0.823. The summed E-state index contributed by atoms with van der Waals surface area (Å²) in [6.45, 7) is 3.88. The van der Waals surface area contributed by atoms with E-state index in [0.29, 0.717) is 5.75 Å². The molecule has 1 heterocycles. The third kappa shape index (κ3) is 2.12. The molecule has 1 aliphatic rings. The van der Waals surface area contributed by atoms with Gasteiger partial charge in [0, 0.05) is 17.5 Å². The number of nitrogens with zero attached hydrogens (tertiary/aromatic N) is 1. The predicted molar refractivity (Wildman–Crippen MR) is 78.4 cm³/mol. The summed E-state index contributed by atoms with van der Waals surface area (Å²) < 4.78 is 0. The second-order valence-electron chi connectivity index (χ2n) is 5.28. The summed E-state index contributed by atoms with van der Waals surface area (Å²) in [6, 6.07) is 6.93. The maximum atomic E-state index is 12.3. The zero-order chi connectivity index (χ0) is 14.2. The lowest BCUT2D eigenvalue weighted by Crippen LogP contribution is -2.52. The molecule has 19 heavy (non-hydrogen) atoms. The highest BCUT2D eigenvalue weighted by molar-refractivity contribution is 7.80. The van der Waals surface area contributed by atoms with Crippen LogP contribution in [0.5, 0.6) is 0 Å². The van der Waals surface area contributed by atoms with Crippen molar-refractivity contribution in [2.45, 2.75) is 31.7 Å².